The van der Waals surface area contributed by atoms with Gasteiger partial charge in [0.05, 0.1) is 6.61 Å². The van der Waals surface area contributed by atoms with Crippen molar-refractivity contribution in [2.45, 2.75) is 56.8 Å². The van der Waals surface area contributed by atoms with Crippen LogP contribution in [0.4, 0.5) is 0 Å². The van der Waals surface area contributed by atoms with Crippen molar-refractivity contribution in [2.75, 3.05) is 13.7 Å². The van der Waals surface area contributed by atoms with Gasteiger partial charge >= 0.3 is 0 Å². The number of fused-ring (bicyclic) bond motifs is 2. The van der Waals surface area contributed by atoms with E-state index in [1.165, 1.54) is 25.7 Å². The summed E-state index contributed by atoms with van der Waals surface area (Å²) in [6.45, 7) is 3.12. The molecule has 2 fully saturated rings. The summed E-state index contributed by atoms with van der Waals surface area (Å²) in [6, 6.07) is 2.46. The highest BCUT2D eigenvalue weighted by Crippen LogP contribution is 2.36. The molecular formula is C11H22N2O. The van der Waals surface area contributed by atoms with E-state index in [9.17, 15) is 0 Å². The minimum atomic E-state index is 0.443. The third-order valence-electron chi connectivity index (χ3n) is 3.74. The Labute approximate surface area is 86.6 Å². The Morgan fingerprint density at radius 1 is 1.36 bits per heavy atom. The van der Waals surface area contributed by atoms with Crippen molar-refractivity contribution in [1.29, 1.82) is 0 Å². The standard InChI is InChI=1S/C11H22N2O/c1-8(7-14-2)13-10-3-4-11(13)6-9(12)5-10/h8-11H,3-7,12H2,1-2H3. The smallest absolute Gasteiger partial charge is 0.0615 e. The van der Waals surface area contributed by atoms with Gasteiger partial charge in [0.1, 0.15) is 0 Å². The van der Waals surface area contributed by atoms with Crippen molar-refractivity contribution in [3.05, 3.63) is 0 Å². The Hall–Kier alpha value is -0.120. The lowest BCUT2D eigenvalue weighted by atomic mass is 9.96. The lowest BCUT2D eigenvalue weighted by Gasteiger charge is -2.41. The zero-order chi connectivity index (χ0) is 10.1. The second-order valence-corrected chi connectivity index (χ2v) is 4.87. The summed E-state index contributed by atoms with van der Waals surface area (Å²) in [6.07, 6.45) is 5.05. The zero-order valence-corrected chi connectivity index (χ0v) is 9.28. The minimum absolute atomic E-state index is 0.443. The quantitative estimate of drug-likeness (QED) is 0.734. The molecule has 3 atom stereocenters. The fourth-order valence-electron chi connectivity index (χ4n) is 3.30. The fraction of sp³-hybridized carbons (Fsp3) is 1.00. The molecule has 2 aliphatic heterocycles. The Balaban J connectivity index is 1.99. The maximum atomic E-state index is 6.03. The Kier molecular flexibility index (Phi) is 3.10. The average molecular weight is 198 g/mol. The van der Waals surface area contributed by atoms with Gasteiger partial charge in [0.2, 0.25) is 0 Å². The topological polar surface area (TPSA) is 38.5 Å². The molecule has 2 saturated heterocycles. The maximum absolute atomic E-state index is 6.03. The molecule has 0 aromatic heterocycles. The molecule has 2 heterocycles. The van der Waals surface area contributed by atoms with Crippen LogP contribution in [0.15, 0.2) is 0 Å². The van der Waals surface area contributed by atoms with Crippen LogP contribution >= 0.6 is 0 Å². The SMILES string of the molecule is COCC(C)N1C2CCC1CC(N)C2. The number of hydrogen-bond acceptors (Lipinski definition) is 3. The largest absolute Gasteiger partial charge is 0.383 e. The third-order valence-corrected chi connectivity index (χ3v) is 3.74. The van der Waals surface area contributed by atoms with Crippen LogP contribution in [-0.4, -0.2) is 42.8 Å². The summed E-state index contributed by atoms with van der Waals surface area (Å²) in [5.41, 5.74) is 6.03. The number of hydrogen-bond donors (Lipinski definition) is 1. The van der Waals surface area contributed by atoms with Crippen LogP contribution in [-0.2, 0) is 4.74 Å². The normalized spacial score (nSPS) is 40.1. The summed E-state index contributed by atoms with van der Waals surface area (Å²) < 4.78 is 5.24. The molecule has 2 rings (SSSR count). The highest BCUT2D eigenvalue weighted by atomic mass is 16.5. The van der Waals surface area contributed by atoms with Crippen LogP contribution in [0.1, 0.15) is 32.6 Å². The predicted octanol–water partition coefficient (Wildman–Crippen LogP) is 0.975. The Morgan fingerprint density at radius 3 is 2.43 bits per heavy atom. The highest BCUT2D eigenvalue weighted by Gasteiger charge is 2.41. The van der Waals surface area contributed by atoms with E-state index in [1.807, 2.05) is 0 Å². The number of rotatable bonds is 3. The molecule has 82 valence electrons. The van der Waals surface area contributed by atoms with Gasteiger partial charge in [-0.15, -0.1) is 0 Å². The lowest BCUT2D eigenvalue weighted by molar-refractivity contribution is 0.0379. The monoisotopic (exact) mass is 198 g/mol. The van der Waals surface area contributed by atoms with E-state index in [-0.39, 0.29) is 0 Å². The second kappa shape index (κ2) is 4.17. The van der Waals surface area contributed by atoms with Crippen LogP contribution in [0.2, 0.25) is 0 Å². The number of piperidine rings is 1. The van der Waals surface area contributed by atoms with E-state index < -0.39 is 0 Å². The molecule has 2 bridgehead atoms. The van der Waals surface area contributed by atoms with Gasteiger partial charge in [-0.25, -0.2) is 0 Å². The lowest BCUT2D eigenvalue weighted by Crippen LogP contribution is -2.52. The number of nitrogens with zero attached hydrogens (tertiary/aromatic N) is 1. The maximum Gasteiger partial charge on any atom is 0.0615 e. The van der Waals surface area contributed by atoms with E-state index in [4.69, 9.17) is 10.5 Å². The first-order valence-electron chi connectivity index (χ1n) is 5.74. The Bertz CT molecular complexity index is 184. The molecule has 3 unspecified atom stereocenters. The summed E-state index contributed by atoms with van der Waals surface area (Å²) in [4.78, 5) is 2.65. The van der Waals surface area contributed by atoms with Crippen molar-refractivity contribution in [3.63, 3.8) is 0 Å². The van der Waals surface area contributed by atoms with Crippen LogP contribution < -0.4 is 5.73 Å². The van der Waals surface area contributed by atoms with Crippen molar-refractivity contribution in [2.24, 2.45) is 5.73 Å². The van der Waals surface area contributed by atoms with Crippen molar-refractivity contribution in [1.82, 2.24) is 4.90 Å². The molecule has 0 saturated carbocycles. The molecule has 3 nitrogen and oxygen atoms in total. The van der Waals surface area contributed by atoms with Gasteiger partial charge in [0.25, 0.3) is 0 Å². The summed E-state index contributed by atoms with van der Waals surface area (Å²) in [5.74, 6) is 0. The van der Waals surface area contributed by atoms with E-state index in [2.05, 4.69) is 11.8 Å². The van der Waals surface area contributed by atoms with Gasteiger partial charge in [-0.1, -0.05) is 0 Å². The fourth-order valence-corrected chi connectivity index (χ4v) is 3.30. The van der Waals surface area contributed by atoms with E-state index in [0.29, 0.717) is 12.1 Å². The molecule has 2 N–H and O–H groups in total. The van der Waals surface area contributed by atoms with Crippen molar-refractivity contribution >= 4 is 0 Å². The first-order valence-corrected chi connectivity index (χ1v) is 5.74. The van der Waals surface area contributed by atoms with E-state index >= 15 is 0 Å². The first-order chi connectivity index (χ1) is 6.72. The molecule has 0 spiro atoms. The van der Waals surface area contributed by atoms with Crippen molar-refractivity contribution in [3.8, 4) is 0 Å². The number of ether oxygens (including phenoxy) is 1. The first kappa shape index (κ1) is 10.4. The zero-order valence-electron chi connectivity index (χ0n) is 9.28. The highest BCUT2D eigenvalue weighted by molar-refractivity contribution is 4.98. The van der Waals surface area contributed by atoms with Crippen LogP contribution in [0.25, 0.3) is 0 Å². The van der Waals surface area contributed by atoms with Gasteiger partial charge < -0.3 is 10.5 Å². The summed E-state index contributed by atoms with van der Waals surface area (Å²) >= 11 is 0. The number of methoxy groups -OCH3 is 1. The molecule has 3 heteroatoms. The molecule has 0 amide bonds. The van der Waals surface area contributed by atoms with Crippen LogP contribution in [0.5, 0.6) is 0 Å². The summed E-state index contributed by atoms with van der Waals surface area (Å²) in [5, 5.41) is 0. The van der Waals surface area contributed by atoms with Gasteiger partial charge in [-0.3, -0.25) is 4.90 Å². The second-order valence-electron chi connectivity index (χ2n) is 4.87. The van der Waals surface area contributed by atoms with Crippen LogP contribution in [0, 0.1) is 0 Å². The molecule has 0 radical (unpaired) electrons. The van der Waals surface area contributed by atoms with E-state index in [0.717, 1.165) is 18.7 Å². The molecule has 0 aromatic carbocycles. The van der Waals surface area contributed by atoms with Gasteiger partial charge in [0.15, 0.2) is 0 Å². The summed E-state index contributed by atoms with van der Waals surface area (Å²) in [7, 11) is 1.79. The predicted molar refractivity (Wildman–Crippen MR) is 57.2 cm³/mol. The third kappa shape index (κ3) is 1.81. The Morgan fingerprint density at radius 2 is 1.93 bits per heavy atom. The molecule has 14 heavy (non-hydrogen) atoms. The molecule has 0 aliphatic carbocycles. The van der Waals surface area contributed by atoms with Crippen molar-refractivity contribution < 1.29 is 4.74 Å². The van der Waals surface area contributed by atoms with Crippen LogP contribution in [0.3, 0.4) is 0 Å². The minimum Gasteiger partial charge on any atom is -0.383 e. The molecular weight excluding hydrogens is 176 g/mol. The van der Waals surface area contributed by atoms with Gasteiger partial charge in [0, 0.05) is 31.3 Å². The number of nitrogens with two attached hydrogens (primary N) is 1. The molecule has 2 aliphatic rings. The van der Waals surface area contributed by atoms with E-state index in [1.54, 1.807) is 7.11 Å². The molecule has 0 aromatic rings. The van der Waals surface area contributed by atoms with Gasteiger partial charge in [-0.05, 0) is 32.6 Å². The average Bonchev–Trinajstić information content (AvgIpc) is 2.39. The van der Waals surface area contributed by atoms with Gasteiger partial charge in [-0.2, -0.15) is 0 Å².